The molecule has 4 atom stereocenters. The fourth-order valence-corrected chi connectivity index (χ4v) is 4.59. The summed E-state index contributed by atoms with van der Waals surface area (Å²) in [5.74, 6) is 0.727. The van der Waals surface area contributed by atoms with Gasteiger partial charge in [0.25, 0.3) is 0 Å². The zero-order valence-corrected chi connectivity index (χ0v) is 17.3. The number of hydrogen-bond donors (Lipinski definition) is 2. The third-order valence-electron chi connectivity index (χ3n) is 6.07. The van der Waals surface area contributed by atoms with Crippen LogP contribution in [0.1, 0.15) is 39.7 Å². The molecule has 4 heteroatoms. The molecule has 152 valence electrons. The molecular weight excluding hydrogens is 353 g/mol. The van der Waals surface area contributed by atoms with E-state index in [1.54, 1.807) is 12.1 Å². The van der Waals surface area contributed by atoms with Crippen molar-refractivity contribution >= 4 is 0 Å². The molecule has 1 aliphatic heterocycles. The van der Waals surface area contributed by atoms with Crippen molar-refractivity contribution in [2.75, 3.05) is 13.1 Å². The Hall–Kier alpha value is -1.75. The molecule has 2 N–H and O–H groups in total. The molecule has 2 aromatic carbocycles. The number of benzene rings is 2. The number of likely N-dealkylation sites (tertiary alicyclic amines) is 1. The van der Waals surface area contributed by atoms with E-state index in [-0.39, 0.29) is 5.82 Å². The van der Waals surface area contributed by atoms with Gasteiger partial charge in [-0.1, -0.05) is 64.1 Å². The van der Waals surface area contributed by atoms with Crippen LogP contribution in [0.15, 0.2) is 48.5 Å². The van der Waals surface area contributed by atoms with E-state index in [1.807, 2.05) is 43.0 Å². The molecule has 1 saturated heterocycles. The molecule has 1 fully saturated rings. The summed E-state index contributed by atoms with van der Waals surface area (Å²) < 4.78 is 13.4. The molecule has 3 nitrogen and oxygen atoms in total. The van der Waals surface area contributed by atoms with E-state index in [9.17, 15) is 14.6 Å². The Bertz CT molecular complexity index is 779. The summed E-state index contributed by atoms with van der Waals surface area (Å²) in [6, 6.07) is 14.2. The van der Waals surface area contributed by atoms with Crippen LogP contribution in [0.3, 0.4) is 0 Å². The molecule has 1 aliphatic rings. The highest BCUT2D eigenvalue weighted by Gasteiger charge is 2.40. The lowest BCUT2D eigenvalue weighted by Gasteiger charge is -2.43. The van der Waals surface area contributed by atoms with Crippen LogP contribution in [0.25, 0.3) is 11.1 Å². The first-order chi connectivity index (χ1) is 13.2. The SMILES string of the molecule is CC1CC(C)CN(C(O)C(O)C(C)(C)c2ccccc2-c2ccc(F)cc2)C1. The molecule has 2 aromatic rings. The van der Waals surface area contributed by atoms with Gasteiger partial charge >= 0.3 is 0 Å². The zero-order valence-electron chi connectivity index (χ0n) is 17.3. The van der Waals surface area contributed by atoms with Crippen molar-refractivity contribution in [1.29, 1.82) is 0 Å². The minimum atomic E-state index is -0.952. The Morgan fingerprint density at radius 3 is 2.14 bits per heavy atom. The maximum atomic E-state index is 13.4. The molecule has 0 aromatic heterocycles. The Morgan fingerprint density at radius 1 is 0.964 bits per heavy atom. The summed E-state index contributed by atoms with van der Waals surface area (Å²) in [5, 5.41) is 22.2. The number of aliphatic hydroxyl groups is 2. The van der Waals surface area contributed by atoms with E-state index in [0.717, 1.165) is 36.2 Å². The molecule has 0 bridgehead atoms. The molecule has 0 aliphatic carbocycles. The van der Waals surface area contributed by atoms with Crippen LogP contribution < -0.4 is 0 Å². The quantitative estimate of drug-likeness (QED) is 0.800. The highest BCUT2D eigenvalue weighted by atomic mass is 19.1. The average Bonchev–Trinajstić information content (AvgIpc) is 2.66. The third-order valence-corrected chi connectivity index (χ3v) is 6.07. The minimum Gasteiger partial charge on any atom is -0.388 e. The van der Waals surface area contributed by atoms with Crippen molar-refractivity contribution in [3.05, 3.63) is 59.9 Å². The van der Waals surface area contributed by atoms with Gasteiger partial charge in [0.1, 0.15) is 18.1 Å². The maximum Gasteiger partial charge on any atom is 0.134 e. The van der Waals surface area contributed by atoms with Crippen molar-refractivity contribution in [2.45, 2.75) is 51.9 Å². The number of aliphatic hydroxyl groups excluding tert-OH is 2. The predicted molar refractivity (Wildman–Crippen MR) is 111 cm³/mol. The van der Waals surface area contributed by atoms with Crippen LogP contribution >= 0.6 is 0 Å². The second-order valence-corrected chi connectivity index (χ2v) is 9.03. The van der Waals surface area contributed by atoms with Gasteiger partial charge in [-0.15, -0.1) is 0 Å². The summed E-state index contributed by atoms with van der Waals surface area (Å²) in [5.41, 5.74) is 2.09. The summed E-state index contributed by atoms with van der Waals surface area (Å²) >= 11 is 0. The van der Waals surface area contributed by atoms with E-state index >= 15 is 0 Å². The van der Waals surface area contributed by atoms with Crippen molar-refractivity contribution in [3.63, 3.8) is 0 Å². The van der Waals surface area contributed by atoms with Crippen LogP contribution in [-0.2, 0) is 5.41 Å². The molecule has 3 rings (SSSR count). The predicted octanol–water partition coefficient (Wildman–Crippen LogP) is 4.43. The highest BCUT2D eigenvalue weighted by molar-refractivity contribution is 5.69. The van der Waals surface area contributed by atoms with Gasteiger partial charge in [-0.3, -0.25) is 4.90 Å². The van der Waals surface area contributed by atoms with Gasteiger partial charge in [0.2, 0.25) is 0 Å². The van der Waals surface area contributed by atoms with Gasteiger partial charge < -0.3 is 10.2 Å². The van der Waals surface area contributed by atoms with Crippen LogP contribution in [0.5, 0.6) is 0 Å². The Balaban J connectivity index is 1.91. The van der Waals surface area contributed by atoms with Gasteiger partial charge in [0, 0.05) is 18.5 Å². The van der Waals surface area contributed by atoms with Crippen LogP contribution in [-0.4, -0.2) is 40.5 Å². The van der Waals surface area contributed by atoms with E-state index in [0.29, 0.717) is 11.8 Å². The highest BCUT2D eigenvalue weighted by Crippen LogP contribution is 2.37. The molecule has 0 saturated carbocycles. The first-order valence-corrected chi connectivity index (χ1v) is 10.2. The lowest BCUT2D eigenvalue weighted by Crippen LogP contribution is -2.55. The van der Waals surface area contributed by atoms with Crippen molar-refractivity contribution in [2.24, 2.45) is 11.8 Å². The molecule has 1 heterocycles. The first kappa shape index (κ1) is 21.0. The lowest BCUT2D eigenvalue weighted by molar-refractivity contribution is -0.124. The summed E-state index contributed by atoms with van der Waals surface area (Å²) in [7, 11) is 0. The molecule has 0 spiro atoms. The summed E-state index contributed by atoms with van der Waals surface area (Å²) in [6.07, 6.45) is -0.732. The van der Waals surface area contributed by atoms with Crippen LogP contribution in [0.2, 0.25) is 0 Å². The Kier molecular flexibility index (Phi) is 6.23. The average molecular weight is 386 g/mol. The second-order valence-electron chi connectivity index (χ2n) is 9.03. The van der Waals surface area contributed by atoms with E-state index in [4.69, 9.17) is 0 Å². The van der Waals surface area contributed by atoms with Gasteiger partial charge in [-0.25, -0.2) is 4.39 Å². The summed E-state index contributed by atoms with van der Waals surface area (Å²) in [4.78, 5) is 2.01. The van der Waals surface area contributed by atoms with Crippen molar-refractivity contribution in [1.82, 2.24) is 4.90 Å². The second kappa shape index (κ2) is 8.32. The number of piperidine rings is 1. The van der Waals surface area contributed by atoms with Gasteiger partial charge in [0.05, 0.1) is 0 Å². The minimum absolute atomic E-state index is 0.274. The van der Waals surface area contributed by atoms with Crippen LogP contribution in [0.4, 0.5) is 4.39 Å². The fraction of sp³-hybridized carbons (Fsp3) is 0.500. The third kappa shape index (κ3) is 4.29. The topological polar surface area (TPSA) is 43.7 Å². The van der Waals surface area contributed by atoms with E-state index in [1.165, 1.54) is 12.1 Å². The Morgan fingerprint density at radius 2 is 1.54 bits per heavy atom. The monoisotopic (exact) mass is 385 g/mol. The van der Waals surface area contributed by atoms with Gasteiger partial charge in [-0.05, 0) is 47.1 Å². The first-order valence-electron chi connectivity index (χ1n) is 10.2. The number of hydrogen-bond acceptors (Lipinski definition) is 3. The maximum absolute atomic E-state index is 13.4. The molecule has 4 unspecified atom stereocenters. The normalized spacial score (nSPS) is 23.4. The zero-order chi connectivity index (χ0) is 20.5. The number of halogens is 1. The van der Waals surface area contributed by atoms with E-state index in [2.05, 4.69) is 13.8 Å². The molecule has 28 heavy (non-hydrogen) atoms. The Labute approximate surface area is 167 Å². The number of rotatable bonds is 5. The number of nitrogens with zero attached hydrogens (tertiary/aromatic N) is 1. The van der Waals surface area contributed by atoms with Gasteiger partial charge in [0.15, 0.2) is 0 Å². The lowest BCUT2D eigenvalue weighted by atomic mass is 9.75. The molecule has 0 radical (unpaired) electrons. The van der Waals surface area contributed by atoms with E-state index < -0.39 is 17.7 Å². The molecular formula is C24H32FNO2. The van der Waals surface area contributed by atoms with Gasteiger partial charge in [-0.2, -0.15) is 0 Å². The summed E-state index contributed by atoms with van der Waals surface area (Å²) in [6.45, 7) is 9.88. The standard InChI is InChI=1S/C24H32FNO2/c1-16-13-17(2)15-26(14-16)23(28)22(27)24(3,4)21-8-6-5-7-20(21)18-9-11-19(25)12-10-18/h5-12,16-17,22-23,27-28H,13-15H2,1-4H3. The largest absolute Gasteiger partial charge is 0.388 e. The molecule has 0 amide bonds. The fourth-order valence-electron chi connectivity index (χ4n) is 4.59. The van der Waals surface area contributed by atoms with Crippen molar-refractivity contribution < 1.29 is 14.6 Å². The van der Waals surface area contributed by atoms with Crippen molar-refractivity contribution in [3.8, 4) is 11.1 Å². The van der Waals surface area contributed by atoms with Crippen LogP contribution in [0, 0.1) is 17.7 Å². The smallest absolute Gasteiger partial charge is 0.134 e.